The number of aromatic nitrogens is 4. The Labute approximate surface area is 459 Å². The molecule has 0 fully saturated rings. The first-order chi connectivity index (χ1) is 38.5. The minimum atomic E-state index is -1.52. The molecule has 0 atom stereocenters. The van der Waals surface area contributed by atoms with Crippen molar-refractivity contribution in [2.24, 2.45) is 0 Å². The number of halogens is 1. The van der Waals surface area contributed by atoms with Crippen LogP contribution in [0.3, 0.4) is 0 Å². The third-order valence-corrected chi connectivity index (χ3v) is 14.2. The molecule has 13 aromatic rings. The molecule has 0 aliphatic heterocycles. The van der Waals surface area contributed by atoms with Crippen LogP contribution in [-0.2, 0) is 0 Å². The summed E-state index contributed by atoms with van der Waals surface area (Å²) in [6, 6.07) is 81.8. The van der Waals surface area contributed by atoms with Gasteiger partial charge in [0.25, 0.3) is 0 Å². The summed E-state index contributed by atoms with van der Waals surface area (Å²) >= 11 is 3.39. The van der Waals surface area contributed by atoms with Crippen molar-refractivity contribution < 1.29 is 18.9 Å². The van der Waals surface area contributed by atoms with Crippen LogP contribution in [-0.4, -0.2) is 37.6 Å². The molecule has 0 bridgehead atoms. The summed E-state index contributed by atoms with van der Waals surface area (Å²) in [5.41, 5.74) is 13.1. The van der Waals surface area contributed by atoms with E-state index in [0.717, 1.165) is 65.3 Å². The highest BCUT2D eigenvalue weighted by atomic mass is 79.9. The van der Waals surface area contributed by atoms with E-state index in [-0.39, 0.29) is 0 Å². The number of hydrogen-bond acceptors (Lipinski definition) is 8. The number of allylic oxidation sites excluding steroid dienone is 2. The van der Waals surface area contributed by atoms with Gasteiger partial charge in [0.05, 0.1) is 17.2 Å². The Hall–Kier alpha value is -9.67. The molecule has 78 heavy (non-hydrogen) atoms. The maximum absolute atomic E-state index is 9.93. The lowest BCUT2D eigenvalue weighted by Crippen LogP contribution is -2.34. The summed E-state index contributed by atoms with van der Waals surface area (Å²) in [5.74, 6) is 2.10. The predicted molar refractivity (Wildman–Crippen MR) is 320 cm³/mol. The minimum Gasteiger partial charge on any atom is -0.423 e. The molecule has 0 spiro atoms. The summed E-state index contributed by atoms with van der Waals surface area (Å²) in [6.45, 7) is 0. The second-order valence-corrected chi connectivity index (χ2v) is 19.3. The zero-order valence-corrected chi connectivity index (χ0v) is 43.4. The average Bonchev–Trinajstić information content (AvgIpc) is 4.23. The summed E-state index contributed by atoms with van der Waals surface area (Å²) in [5, 5.41) is 43.3. The highest BCUT2D eigenvalue weighted by Gasteiger charge is 2.30. The van der Waals surface area contributed by atoms with E-state index in [2.05, 4.69) is 158 Å². The van der Waals surface area contributed by atoms with Gasteiger partial charge in [-0.3, -0.25) is 0 Å². The minimum absolute atomic E-state index is 0.513. The number of benzene rings is 11. The lowest BCUT2D eigenvalue weighted by Gasteiger charge is -2.17. The molecule has 0 amide bonds. The first kappa shape index (κ1) is 49.2. The largest absolute Gasteiger partial charge is 0.492 e. The van der Waals surface area contributed by atoms with E-state index in [1.54, 1.807) is 6.08 Å². The van der Waals surface area contributed by atoms with Crippen molar-refractivity contribution in [3.05, 3.63) is 270 Å². The van der Waals surface area contributed by atoms with Crippen molar-refractivity contribution in [2.75, 3.05) is 0 Å². The normalized spacial score (nSPS) is 11.3. The van der Waals surface area contributed by atoms with Crippen LogP contribution in [0, 0.1) is 6.08 Å². The van der Waals surface area contributed by atoms with Gasteiger partial charge in [0.1, 0.15) is 17.7 Å². The highest BCUT2D eigenvalue weighted by Crippen LogP contribution is 2.44. The number of rotatable bonds is 8. The fourth-order valence-electron chi connectivity index (χ4n) is 10.1. The Morgan fingerprint density at radius 3 is 1.05 bits per heavy atom. The van der Waals surface area contributed by atoms with Crippen LogP contribution in [0.25, 0.3) is 124 Å². The quantitative estimate of drug-likeness (QED) is 0.0878. The molecule has 0 saturated heterocycles. The summed E-state index contributed by atoms with van der Waals surface area (Å²) in [7, 11) is -1.52. The van der Waals surface area contributed by atoms with E-state index >= 15 is 0 Å². The van der Waals surface area contributed by atoms with Crippen LogP contribution in [0.2, 0.25) is 0 Å². The van der Waals surface area contributed by atoms with Gasteiger partial charge in [0.2, 0.25) is 23.6 Å². The van der Waals surface area contributed by atoms with Gasteiger partial charge in [-0.15, -0.1) is 20.4 Å². The SMILES string of the molecule is Brc1ccc(-c2nnc(-c3ccccc3)o2)cc1.OB(O)c1c2c(c(-c3ccccc3)c3ccccc13)C=[C+]C=C2.c1ccc(-c2nnc(-c3ccc(-c4c5ccccc5c(-c5ccccc5)c5ccccc45)cc3)o2)cc1. The molecule has 2 N–H and O–H groups in total. The van der Waals surface area contributed by atoms with E-state index in [0.29, 0.717) is 29.0 Å². The molecule has 370 valence electrons. The zero-order chi connectivity index (χ0) is 52.8. The average molecular weight is 1070 g/mol. The van der Waals surface area contributed by atoms with Gasteiger partial charge in [-0.2, -0.15) is 0 Å². The lowest BCUT2D eigenvalue weighted by atomic mass is 9.70. The standard InChI is InChI=1S/C34H22N2O.C20H14BO2.C14H9BrN2O/c1-3-11-23(12-4-1)31-27-15-7-9-17-29(27)32(30-18-10-8-16-28(30)31)24-19-21-26(22-20-24)34-36-35-33(37-34)25-13-5-2-6-14-25;22-21(23)20-17-12-6-4-10-15(17)19(14-8-2-1-3-9-14)16-11-5-7-13-18(16)20;15-12-8-6-11(7-9-12)14-17-16-13(18-14)10-4-2-1-3-5-10/h1-22H;1-4,6-13,22-23H;1-9H/q;+1;. The zero-order valence-electron chi connectivity index (χ0n) is 41.8. The Balaban J connectivity index is 0.000000127. The van der Waals surface area contributed by atoms with Crippen LogP contribution in [0.15, 0.2) is 262 Å². The maximum Gasteiger partial charge on any atom is 0.492 e. The third kappa shape index (κ3) is 9.99. The van der Waals surface area contributed by atoms with Crippen molar-refractivity contribution in [3.63, 3.8) is 0 Å². The Kier molecular flexibility index (Phi) is 14.1. The van der Waals surface area contributed by atoms with E-state index in [1.807, 2.05) is 140 Å². The van der Waals surface area contributed by atoms with Gasteiger partial charge < -0.3 is 18.9 Å². The highest BCUT2D eigenvalue weighted by molar-refractivity contribution is 9.10. The molecule has 2 heterocycles. The number of nitrogens with zero attached hydrogens (tertiary/aromatic N) is 4. The molecule has 14 rings (SSSR count). The second kappa shape index (κ2) is 22.3. The fourth-order valence-corrected chi connectivity index (χ4v) is 10.4. The van der Waals surface area contributed by atoms with Gasteiger partial charge in [0.15, 0.2) is 0 Å². The van der Waals surface area contributed by atoms with Gasteiger partial charge in [-0.25, -0.2) is 0 Å². The van der Waals surface area contributed by atoms with Crippen LogP contribution in [0.5, 0.6) is 0 Å². The maximum atomic E-state index is 9.93. The lowest BCUT2D eigenvalue weighted by molar-refractivity contribution is 0.426. The van der Waals surface area contributed by atoms with Gasteiger partial charge in [-0.1, -0.05) is 198 Å². The van der Waals surface area contributed by atoms with Gasteiger partial charge in [-0.05, 0) is 115 Å². The smallest absolute Gasteiger partial charge is 0.423 e. The Morgan fingerprint density at radius 1 is 0.333 bits per heavy atom. The number of hydrogen-bond donors (Lipinski definition) is 2. The van der Waals surface area contributed by atoms with Crippen LogP contribution in [0.1, 0.15) is 11.1 Å². The monoisotopic (exact) mass is 1070 g/mol. The van der Waals surface area contributed by atoms with Crippen molar-refractivity contribution in [1.29, 1.82) is 0 Å². The van der Waals surface area contributed by atoms with Gasteiger partial charge >= 0.3 is 7.12 Å². The van der Waals surface area contributed by atoms with Crippen LogP contribution < -0.4 is 5.46 Å². The molecule has 0 radical (unpaired) electrons. The Morgan fingerprint density at radius 2 is 0.641 bits per heavy atom. The third-order valence-electron chi connectivity index (χ3n) is 13.6. The molecule has 1 aliphatic rings. The molecule has 0 unspecified atom stereocenters. The van der Waals surface area contributed by atoms with Gasteiger partial charge in [0, 0.05) is 43.7 Å². The van der Waals surface area contributed by atoms with E-state index < -0.39 is 7.12 Å². The first-order valence-corrected chi connectivity index (χ1v) is 26.2. The van der Waals surface area contributed by atoms with E-state index in [1.165, 1.54) is 38.2 Å². The van der Waals surface area contributed by atoms with Crippen molar-refractivity contribution in [3.8, 4) is 79.2 Å². The fraction of sp³-hybridized carbons (Fsp3) is 0. The molecule has 8 nitrogen and oxygen atoms in total. The van der Waals surface area contributed by atoms with Crippen molar-refractivity contribution in [2.45, 2.75) is 0 Å². The van der Waals surface area contributed by atoms with Crippen molar-refractivity contribution >= 4 is 73.0 Å². The van der Waals surface area contributed by atoms with E-state index in [9.17, 15) is 10.0 Å². The van der Waals surface area contributed by atoms with Crippen LogP contribution >= 0.6 is 15.9 Å². The van der Waals surface area contributed by atoms with Crippen LogP contribution in [0.4, 0.5) is 0 Å². The molecule has 10 heteroatoms. The molecule has 2 aromatic heterocycles. The Bertz CT molecular complexity index is 4220. The first-order valence-electron chi connectivity index (χ1n) is 25.4. The van der Waals surface area contributed by atoms with E-state index in [4.69, 9.17) is 8.83 Å². The summed E-state index contributed by atoms with van der Waals surface area (Å²) < 4.78 is 12.7. The summed E-state index contributed by atoms with van der Waals surface area (Å²) in [4.78, 5) is 0. The molecule has 1 aliphatic carbocycles. The molecular formula is C68H45BBrN4O4+. The molecule has 11 aromatic carbocycles. The second-order valence-electron chi connectivity index (χ2n) is 18.4. The topological polar surface area (TPSA) is 118 Å². The number of fused-ring (bicyclic) bond motifs is 4. The molecular weight excluding hydrogens is 1030 g/mol. The summed E-state index contributed by atoms with van der Waals surface area (Å²) in [6.07, 6.45) is 8.72. The molecule has 0 saturated carbocycles. The van der Waals surface area contributed by atoms with Crippen molar-refractivity contribution in [1.82, 2.24) is 20.4 Å². The predicted octanol–water partition coefficient (Wildman–Crippen LogP) is 16.2.